The van der Waals surface area contributed by atoms with Crippen LogP contribution in [0.15, 0.2) is 47.8 Å². The van der Waals surface area contributed by atoms with Gasteiger partial charge in [0.05, 0.1) is 24.6 Å². The minimum Gasteiger partial charge on any atom is -0.494 e. The molecule has 2 N–H and O–H groups in total. The van der Waals surface area contributed by atoms with E-state index in [1.807, 2.05) is 0 Å². The number of oxime groups is 1. The average molecular weight is 465 g/mol. The second kappa shape index (κ2) is 9.92. The van der Waals surface area contributed by atoms with Gasteiger partial charge in [-0.3, -0.25) is 9.78 Å². The number of benzene rings is 1. The van der Waals surface area contributed by atoms with Crippen LogP contribution in [0.1, 0.15) is 64.4 Å². The molecule has 3 aromatic rings. The number of aromatic nitrogens is 3. The molecule has 10 heteroatoms. The van der Waals surface area contributed by atoms with E-state index in [-0.39, 0.29) is 24.1 Å². The Morgan fingerprint density at radius 2 is 2.12 bits per heavy atom. The SMILES string of the molecule is COc1cc(CNC(=O)c2cc(C3=NOC(c4ccc(C(C)O)cn4)C3)nc(C)n2)ccc1F. The number of aliphatic hydroxyl groups is 1. The summed E-state index contributed by atoms with van der Waals surface area (Å²) in [6.45, 7) is 3.54. The van der Waals surface area contributed by atoms with Crippen molar-refractivity contribution < 1.29 is 23.9 Å². The van der Waals surface area contributed by atoms with E-state index in [1.165, 1.54) is 19.2 Å². The summed E-state index contributed by atoms with van der Waals surface area (Å²) >= 11 is 0. The number of amides is 1. The molecule has 1 aromatic carbocycles. The molecule has 2 aromatic heterocycles. The van der Waals surface area contributed by atoms with E-state index in [1.54, 1.807) is 44.3 Å². The number of hydrogen-bond acceptors (Lipinski definition) is 8. The highest BCUT2D eigenvalue weighted by Crippen LogP contribution is 2.28. The smallest absolute Gasteiger partial charge is 0.270 e. The zero-order valence-electron chi connectivity index (χ0n) is 18.9. The maximum Gasteiger partial charge on any atom is 0.270 e. The van der Waals surface area contributed by atoms with Gasteiger partial charge in [0.1, 0.15) is 17.2 Å². The Morgan fingerprint density at radius 3 is 2.82 bits per heavy atom. The van der Waals surface area contributed by atoms with Crippen LogP contribution in [-0.4, -0.2) is 38.8 Å². The van der Waals surface area contributed by atoms with Crippen molar-refractivity contribution in [2.45, 2.75) is 39.0 Å². The molecular weight excluding hydrogens is 441 g/mol. The molecule has 176 valence electrons. The highest BCUT2D eigenvalue weighted by atomic mass is 19.1. The van der Waals surface area contributed by atoms with Crippen LogP contribution in [0, 0.1) is 12.7 Å². The zero-order valence-corrected chi connectivity index (χ0v) is 18.9. The van der Waals surface area contributed by atoms with Gasteiger partial charge in [0.15, 0.2) is 17.7 Å². The first-order chi connectivity index (χ1) is 16.3. The molecule has 1 amide bonds. The second-order valence-electron chi connectivity index (χ2n) is 7.87. The maximum atomic E-state index is 13.6. The Balaban J connectivity index is 1.44. The van der Waals surface area contributed by atoms with Crippen molar-refractivity contribution in [1.29, 1.82) is 0 Å². The van der Waals surface area contributed by atoms with Crippen LogP contribution in [0.4, 0.5) is 4.39 Å². The third-order valence-corrected chi connectivity index (χ3v) is 5.33. The van der Waals surface area contributed by atoms with E-state index in [9.17, 15) is 14.3 Å². The third kappa shape index (κ3) is 5.18. The molecule has 4 rings (SSSR count). The Morgan fingerprint density at radius 1 is 1.29 bits per heavy atom. The molecule has 0 fully saturated rings. The lowest BCUT2D eigenvalue weighted by atomic mass is 10.1. The van der Waals surface area contributed by atoms with Crippen LogP contribution in [0.3, 0.4) is 0 Å². The van der Waals surface area contributed by atoms with Gasteiger partial charge in [-0.05, 0) is 49.2 Å². The molecule has 34 heavy (non-hydrogen) atoms. The van der Waals surface area contributed by atoms with Crippen molar-refractivity contribution >= 4 is 11.6 Å². The number of nitrogens with zero attached hydrogens (tertiary/aromatic N) is 4. The van der Waals surface area contributed by atoms with Gasteiger partial charge >= 0.3 is 0 Å². The van der Waals surface area contributed by atoms with E-state index in [2.05, 4.69) is 25.4 Å². The number of pyridine rings is 1. The summed E-state index contributed by atoms with van der Waals surface area (Å²) in [4.78, 5) is 31.3. The number of carbonyl (C=O) groups excluding carboxylic acids is 1. The van der Waals surface area contributed by atoms with Gasteiger partial charge < -0.3 is 20.0 Å². The van der Waals surface area contributed by atoms with E-state index in [4.69, 9.17) is 9.57 Å². The summed E-state index contributed by atoms with van der Waals surface area (Å²) in [7, 11) is 1.38. The van der Waals surface area contributed by atoms with Gasteiger partial charge in [0, 0.05) is 19.2 Å². The molecule has 2 atom stereocenters. The third-order valence-electron chi connectivity index (χ3n) is 5.33. The summed E-state index contributed by atoms with van der Waals surface area (Å²) in [5.74, 6) is -0.352. The molecule has 9 nitrogen and oxygen atoms in total. The molecule has 3 heterocycles. The zero-order chi connectivity index (χ0) is 24.2. The van der Waals surface area contributed by atoms with E-state index < -0.39 is 17.8 Å². The van der Waals surface area contributed by atoms with E-state index in [0.717, 1.165) is 0 Å². The van der Waals surface area contributed by atoms with Gasteiger partial charge in [-0.1, -0.05) is 17.3 Å². The molecular formula is C24H24FN5O4. The van der Waals surface area contributed by atoms with E-state index >= 15 is 0 Å². The Hall–Kier alpha value is -3.92. The lowest BCUT2D eigenvalue weighted by Crippen LogP contribution is -2.25. The topological polar surface area (TPSA) is 119 Å². The summed E-state index contributed by atoms with van der Waals surface area (Å²) in [6, 6.07) is 9.53. The molecule has 0 radical (unpaired) electrons. The van der Waals surface area contributed by atoms with Crippen molar-refractivity contribution in [2.24, 2.45) is 5.16 Å². The quantitative estimate of drug-likeness (QED) is 0.550. The highest BCUT2D eigenvalue weighted by molar-refractivity contribution is 6.02. The largest absolute Gasteiger partial charge is 0.494 e. The summed E-state index contributed by atoms with van der Waals surface area (Å²) in [5.41, 5.74) is 3.33. The van der Waals surface area contributed by atoms with Gasteiger partial charge in [0.25, 0.3) is 5.91 Å². The van der Waals surface area contributed by atoms with Gasteiger partial charge in [0.2, 0.25) is 0 Å². The van der Waals surface area contributed by atoms with Crippen LogP contribution in [0.2, 0.25) is 0 Å². The molecule has 2 unspecified atom stereocenters. The summed E-state index contributed by atoms with van der Waals surface area (Å²) < 4.78 is 18.6. The number of carbonyl (C=O) groups is 1. The standard InChI is InChI=1S/C24H24FN5O4/c1-13(31)16-5-7-18(26-12-16)23-10-20(30-34-23)19-9-21(29-14(2)28-19)24(32)27-11-15-4-6-17(25)22(8-15)33-3/h4-9,12-13,23,31H,10-11H2,1-3H3,(H,27,32). The first-order valence-corrected chi connectivity index (χ1v) is 10.7. The maximum absolute atomic E-state index is 13.6. The second-order valence-corrected chi connectivity index (χ2v) is 7.87. The fraction of sp³-hybridized carbons (Fsp3) is 0.292. The van der Waals surface area contributed by atoms with Crippen molar-refractivity contribution in [3.63, 3.8) is 0 Å². The lowest BCUT2D eigenvalue weighted by molar-refractivity contribution is 0.0824. The number of rotatable bonds is 7. The van der Waals surface area contributed by atoms with E-state index in [0.29, 0.717) is 40.5 Å². The fourth-order valence-corrected chi connectivity index (χ4v) is 3.46. The predicted octanol–water partition coefficient (Wildman–Crippen LogP) is 3.18. The number of aryl methyl sites for hydroxylation is 1. The average Bonchev–Trinajstić information content (AvgIpc) is 3.33. The summed E-state index contributed by atoms with van der Waals surface area (Å²) in [5, 5.41) is 16.6. The van der Waals surface area contributed by atoms with Crippen molar-refractivity contribution in [3.8, 4) is 5.75 Å². The number of halogens is 1. The monoisotopic (exact) mass is 465 g/mol. The summed E-state index contributed by atoms with van der Waals surface area (Å²) in [6.07, 6.45) is 1.04. The minimum absolute atomic E-state index is 0.107. The van der Waals surface area contributed by atoms with Crippen molar-refractivity contribution in [3.05, 3.63) is 82.4 Å². The molecule has 1 aliphatic rings. The Kier molecular flexibility index (Phi) is 6.78. The molecule has 1 aliphatic heterocycles. The van der Waals surface area contributed by atoms with Crippen LogP contribution in [0.25, 0.3) is 0 Å². The van der Waals surface area contributed by atoms with Crippen LogP contribution in [-0.2, 0) is 11.4 Å². The number of methoxy groups -OCH3 is 1. The molecule has 0 aliphatic carbocycles. The van der Waals surface area contributed by atoms with Crippen LogP contribution < -0.4 is 10.1 Å². The first kappa shape index (κ1) is 23.2. The molecule has 0 bridgehead atoms. The first-order valence-electron chi connectivity index (χ1n) is 10.7. The van der Waals surface area contributed by atoms with Crippen LogP contribution >= 0.6 is 0 Å². The minimum atomic E-state index is -0.600. The van der Waals surface area contributed by atoms with Crippen molar-refractivity contribution in [2.75, 3.05) is 7.11 Å². The van der Waals surface area contributed by atoms with Gasteiger partial charge in [-0.15, -0.1) is 0 Å². The fourth-order valence-electron chi connectivity index (χ4n) is 3.46. The van der Waals surface area contributed by atoms with Gasteiger partial charge in [-0.2, -0.15) is 0 Å². The van der Waals surface area contributed by atoms with Crippen molar-refractivity contribution in [1.82, 2.24) is 20.3 Å². The Bertz CT molecular complexity index is 1230. The Labute approximate surface area is 195 Å². The predicted molar refractivity (Wildman–Crippen MR) is 121 cm³/mol. The number of nitrogens with one attached hydrogen (secondary N) is 1. The normalized spacial score (nSPS) is 15.9. The number of aliphatic hydroxyl groups excluding tert-OH is 1. The molecule has 0 saturated carbocycles. The van der Waals surface area contributed by atoms with Gasteiger partial charge in [-0.25, -0.2) is 14.4 Å². The molecule has 0 spiro atoms. The highest BCUT2D eigenvalue weighted by Gasteiger charge is 2.27. The number of hydrogen-bond donors (Lipinski definition) is 2. The number of ether oxygens (including phenoxy) is 1. The van der Waals surface area contributed by atoms with Crippen LogP contribution in [0.5, 0.6) is 5.75 Å². The lowest BCUT2D eigenvalue weighted by Gasteiger charge is -2.10. The molecule has 0 saturated heterocycles.